The van der Waals surface area contributed by atoms with E-state index in [2.05, 4.69) is 10.4 Å². The first-order chi connectivity index (χ1) is 12.1. The predicted molar refractivity (Wildman–Crippen MR) is 98.3 cm³/mol. The molecule has 2 rings (SSSR count). The standard InChI is InChI=1S/C19H21N3O3/c20-22-13-21-17-6-2-5-16(12-17)18(23)9-7-14-3-1-4-15(11-14)8-10-19(24)25/h1-6,8,10-13,18,23H,7,9,20H2,(H,21,22)(H,24,25). The number of nitrogens with two attached hydrogens (primary N) is 1. The molecule has 0 aromatic heterocycles. The number of carboxylic acids is 1. The quantitative estimate of drug-likeness (QED) is 0.194. The number of benzene rings is 2. The van der Waals surface area contributed by atoms with Crippen LogP contribution in [0.25, 0.3) is 6.08 Å². The molecule has 0 spiro atoms. The third-order valence-electron chi connectivity index (χ3n) is 3.62. The van der Waals surface area contributed by atoms with Gasteiger partial charge < -0.3 is 15.6 Å². The molecule has 2 aromatic carbocycles. The third-order valence-corrected chi connectivity index (χ3v) is 3.62. The van der Waals surface area contributed by atoms with Gasteiger partial charge >= 0.3 is 5.97 Å². The third kappa shape index (κ3) is 6.21. The Morgan fingerprint density at radius 3 is 2.80 bits per heavy atom. The summed E-state index contributed by atoms with van der Waals surface area (Å²) in [6.07, 6.45) is 4.65. The van der Waals surface area contributed by atoms with Crippen LogP contribution < -0.4 is 11.3 Å². The molecule has 6 nitrogen and oxygen atoms in total. The van der Waals surface area contributed by atoms with Crippen molar-refractivity contribution >= 4 is 24.1 Å². The number of aliphatic hydroxyl groups excluding tert-OH is 1. The number of aliphatic hydroxyl groups is 1. The number of carboxylic acid groups (broad SMARTS) is 1. The number of rotatable bonds is 8. The highest BCUT2D eigenvalue weighted by molar-refractivity contribution is 5.85. The fourth-order valence-electron chi connectivity index (χ4n) is 2.41. The largest absolute Gasteiger partial charge is 0.478 e. The van der Waals surface area contributed by atoms with Gasteiger partial charge in [0.2, 0.25) is 0 Å². The molecule has 0 saturated carbocycles. The molecule has 2 aromatic rings. The topological polar surface area (TPSA) is 108 Å². The highest BCUT2D eigenvalue weighted by Gasteiger charge is 2.08. The molecule has 6 heteroatoms. The first kappa shape index (κ1) is 18.4. The van der Waals surface area contributed by atoms with Crippen molar-refractivity contribution in [3.8, 4) is 0 Å². The summed E-state index contributed by atoms with van der Waals surface area (Å²) in [4.78, 5) is 14.7. The van der Waals surface area contributed by atoms with Crippen LogP contribution >= 0.6 is 0 Å². The molecular formula is C19H21N3O3. The number of hydrogen-bond acceptors (Lipinski definition) is 4. The number of aliphatic carboxylic acids is 1. The van der Waals surface area contributed by atoms with E-state index >= 15 is 0 Å². The van der Waals surface area contributed by atoms with Crippen molar-refractivity contribution in [3.63, 3.8) is 0 Å². The molecule has 1 unspecified atom stereocenters. The molecule has 1 atom stereocenters. The van der Waals surface area contributed by atoms with Gasteiger partial charge in [-0.05, 0) is 47.7 Å². The van der Waals surface area contributed by atoms with Crippen LogP contribution in [0.2, 0.25) is 0 Å². The number of hydrogen-bond donors (Lipinski definition) is 4. The van der Waals surface area contributed by atoms with Gasteiger partial charge in [0.05, 0.1) is 11.8 Å². The lowest BCUT2D eigenvalue weighted by atomic mass is 10.00. The minimum atomic E-state index is -0.979. The van der Waals surface area contributed by atoms with Gasteiger partial charge in [0.25, 0.3) is 0 Å². The summed E-state index contributed by atoms with van der Waals surface area (Å²) < 4.78 is 0. The number of aryl methyl sites for hydroxylation is 1. The number of hydrazine groups is 1. The van der Waals surface area contributed by atoms with E-state index in [-0.39, 0.29) is 0 Å². The minimum Gasteiger partial charge on any atom is -0.478 e. The summed E-state index contributed by atoms with van der Waals surface area (Å²) in [5.41, 5.74) is 5.68. The normalized spacial score (nSPS) is 12.6. The van der Waals surface area contributed by atoms with Gasteiger partial charge in [0.15, 0.2) is 0 Å². The lowest BCUT2D eigenvalue weighted by Crippen LogP contribution is -2.18. The van der Waals surface area contributed by atoms with Crippen molar-refractivity contribution in [3.05, 3.63) is 71.3 Å². The molecule has 0 heterocycles. The second-order valence-corrected chi connectivity index (χ2v) is 5.49. The summed E-state index contributed by atoms with van der Waals surface area (Å²) >= 11 is 0. The van der Waals surface area contributed by atoms with Crippen LogP contribution in [0.5, 0.6) is 0 Å². The molecule has 0 aliphatic rings. The lowest BCUT2D eigenvalue weighted by molar-refractivity contribution is -0.131. The Kier molecular flexibility index (Phi) is 6.88. The lowest BCUT2D eigenvalue weighted by Gasteiger charge is -2.12. The number of nitrogens with zero attached hydrogens (tertiary/aromatic N) is 1. The van der Waals surface area contributed by atoms with Crippen molar-refractivity contribution in [1.82, 2.24) is 5.43 Å². The Balaban J connectivity index is 2.00. The van der Waals surface area contributed by atoms with Gasteiger partial charge in [-0.3, -0.25) is 0 Å². The second-order valence-electron chi connectivity index (χ2n) is 5.49. The van der Waals surface area contributed by atoms with E-state index in [0.29, 0.717) is 18.5 Å². The molecule has 0 saturated heterocycles. The maximum absolute atomic E-state index is 10.6. The van der Waals surface area contributed by atoms with Crippen LogP contribution in [0, 0.1) is 0 Å². The molecule has 5 N–H and O–H groups in total. The molecule has 0 aliphatic carbocycles. The van der Waals surface area contributed by atoms with E-state index in [4.69, 9.17) is 10.9 Å². The Morgan fingerprint density at radius 1 is 1.24 bits per heavy atom. The van der Waals surface area contributed by atoms with Crippen LogP contribution in [0.1, 0.15) is 29.2 Å². The first-order valence-electron chi connectivity index (χ1n) is 7.85. The summed E-state index contributed by atoms with van der Waals surface area (Å²) in [5.74, 6) is 4.17. The van der Waals surface area contributed by atoms with Crippen LogP contribution in [0.15, 0.2) is 59.6 Å². The van der Waals surface area contributed by atoms with Crippen LogP contribution in [0.3, 0.4) is 0 Å². The molecule has 130 valence electrons. The number of aliphatic imine (C=N–C) groups is 1. The monoisotopic (exact) mass is 339 g/mol. The van der Waals surface area contributed by atoms with E-state index in [1.165, 1.54) is 6.34 Å². The van der Waals surface area contributed by atoms with Crippen LogP contribution in [-0.2, 0) is 11.2 Å². The molecule has 0 aliphatic heterocycles. The summed E-state index contributed by atoms with van der Waals surface area (Å²) in [7, 11) is 0. The Hall–Kier alpha value is -2.96. The zero-order valence-electron chi connectivity index (χ0n) is 13.7. The summed E-state index contributed by atoms with van der Waals surface area (Å²) in [6.45, 7) is 0. The minimum absolute atomic E-state index is 0.550. The molecular weight excluding hydrogens is 318 g/mol. The van der Waals surface area contributed by atoms with Crippen molar-refractivity contribution in [2.24, 2.45) is 10.8 Å². The number of nitrogens with one attached hydrogen (secondary N) is 1. The zero-order chi connectivity index (χ0) is 18.1. The zero-order valence-corrected chi connectivity index (χ0v) is 13.7. The van der Waals surface area contributed by atoms with Crippen LogP contribution in [0.4, 0.5) is 5.69 Å². The van der Waals surface area contributed by atoms with Gasteiger partial charge in [-0.2, -0.15) is 0 Å². The van der Waals surface area contributed by atoms with Gasteiger partial charge in [-0.25, -0.2) is 15.6 Å². The fraction of sp³-hybridized carbons (Fsp3) is 0.158. The second kappa shape index (κ2) is 9.36. The highest BCUT2D eigenvalue weighted by Crippen LogP contribution is 2.23. The van der Waals surface area contributed by atoms with E-state index < -0.39 is 12.1 Å². The average molecular weight is 339 g/mol. The first-order valence-corrected chi connectivity index (χ1v) is 7.85. The fourth-order valence-corrected chi connectivity index (χ4v) is 2.41. The van der Waals surface area contributed by atoms with Crippen LogP contribution in [-0.4, -0.2) is 22.5 Å². The summed E-state index contributed by atoms with van der Waals surface area (Å²) in [6, 6.07) is 14.9. The van der Waals surface area contributed by atoms with Crippen molar-refractivity contribution < 1.29 is 15.0 Å². The van der Waals surface area contributed by atoms with Crippen molar-refractivity contribution in [2.45, 2.75) is 18.9 Å². The SMILES string of the molecule is NNC=Nc1cccc(C(O)CCc2cccc(C=CC(=O)O)c2)c1. The molecule has 0 amide bonds. The van der Waals surface area contributed by atoms with E-state index in [1.807, 2.05) is 48.5 Å². The predicted octanol–water partition coefficient (Wildman–Crippen LogP) is 2.57. The van der Waals surface area contributed by atoms with E-state index in [0.717, 1.165) is 22.8 Å². The molecule has 0 radical (unpaired) electrons. The Bertz CT molecular complexity index is 772. The van der Waals surface area contributed by atoms with E-state index in [9.17, 15) is 9.90 Å². The average Bonchev–Trinajstić information content (AvgIpc) is 2.63. The molecule has 25 heavy (non-hydrogen) atoms. The summed E-state index contributed by atoms with van der Waals surface area (Å²) in [5, 5.41) is 19.1. The van der Waals surface area contributed by atoms with Gasteiger partial charge in [0.1, 0.15) is 6.34 Å². The molecule has 0 bridgehead atoms. The Labute approximate surface area is 146 Å². The highest BCUT2D eigenvalue weighted by atomic mass is 16.4. The number of carbonyl (C=O) groups is 1. The van der Waals surface area contributed by atoms with Crippen molar-refractivity contribution in [1.29, 1.82) is 0 Å². The van der Waals surface area contributed by atoms with Gasteiger partial charge in [-0.15, -0.1) is 0 Å². The maximum Gasteiger partial charge on any atom is 0.328 e. The maximum atomic E-state index is 10.6. The Morgan fingerprint density at radius 2 is 2.04 bits per heavy atom. The van der Waals surface area contributed by atoms with Gasteiger partial charge in [-0.1, -0.05) is 36.4 Å². The smallest absolute Gasteiger partial charge is 0.328 e. The van der Waals surface area contributed by atoms with Crippen molar-refractivity contribution in [2.75, 3.05) is 0 Å². The van der Waals surface area contributed by atoms with E-state index in [1.54, 1.807) is 6.08 Å². The molecule has 0 fully saturated rings. The van der Waals surface area contributed by atoms with Gasteiger partial charge in [0, 0.05) is 6.08 Å².